The average Bonchev–Trinajstić information content (AvgIpc) is 2.94. The maximum atomic E-state index is 5.37. The number of benzene rings is 1. The van der Waals surface area contributed by atoms with E-state index in [-0.39, 0.29) is 0 Å². The molecule has 0 aliphatic heterocycles. The largest absolute Gasteiger partial charge is 0.319 e. The van der Waals surface area contributed by atoms with Crippen LogP contribution in [-0.2, 0) is 6.54 Å². The molecule has 0 aliphatic rings. The van der Waals surface area contributed by atoms with Crippen LogP contribution in [0.5, 0.6) is 0 Å². The Bertz CT molecular complexity index is 683. The summed E-state index contributed by atoms with van der Waals surface area (Å²) in [6.45, 7) is 0.558. The van der Waals surface area contributed by atoms with Crippen LogP contribution in [0, 0.1) is 12.3 Å². The van der Waals surface area contributed by atoms with Crippen molar-refractivity contribution in [1.29, 1.82) is 0 Å². The summed E-state index contributed by atoms with van der Waals surface area (Å²) >= 11 is 0. The van der Waals surface area contributed by atoms with Crippen LogP contribution in [0.4, 0.5) is 0 Å². The molecule has 0 fully saturated rings. The van der Waals surface area contributed by atoms with Crippen molar-refractivity contribution in [2.24, 2.45) is 0 Å². The first kappa shape index (κ1) is 9.73. The molecule has 0 saturated heterocycles. The Morgan fingerprint density at radius 3 is 2.76 bits per heavy atom. The summed E-state index contributed by atoms with van der Waals surface area (Å²) in [5.74, 6) is 2.65. The number of nitrogens with zero attached hydrogens (tertiary/aromatic N) is 3. The van der Waals surface area contributed by atoms with Gasteiger partial charge >= 0.3 is 0 Å². The molecule has 0 atom stereocenters. The molecule has 3 nitrogen and oxygen atoms in total. The summed E-state index contributed by atoms with van der Waals surface area (Å²) in [5.41, 5.74) is 3.29. The number of hydrogen-bond donors (Lipinski definition) is 0. The van der Waals surface area contributed by atoms with Gasteiger partial charge in [-0.05, 0) is 5.56 Å². The van der Waals surface area contributed by atoms with Gasteiger partial charge in [0, 0.05) is 18.0 Å². The third kappa shape index (κ3) is 1.51. The van der Waals surface area contributed by atoms with Gasteiger partial charge in [0.1, 0.15) is 5.65 Å². The minimum Gasteiger partial charge on any atom is -0.319 e. The van der Waals surface area contributed by atoms with E-state index in [1.54, 1.807) is 0 Å². The van der Waals surface area contributed by atoms with Gasteiger partial charge in [0.05, 0.1) is 12.7 Å². The standard InChI is InChI=1S/C14H11N3/c1-2-8-16-9-10-17-14(16)13(11-15-17)12-6-4-3-5-7-12/h1,3-7,9-11H,8H2. The van der Waals surface area contributed by atoms with Gasteiger partial charge < -0.3 is 4.57 Å². The first-order chi connectivity index (χ1) is 8.40. The lowest BCUT2D eigenvalue weighted by Crippen LogP contribution is -1.94. The third-order valence-corrected chi connectivity index (χ3v) is 2.78. The van der Waals surface area contributed by atoms with E-state index in [4.69, 9.17) is 6.42 Å². The Kier molecular flexibility index (Phi) is 2.20. The number of aromatic nitrogens is 3. The van der Waals surface area contributed by atoms with E-state index in [1.165, 1.54) is 0 Å². The van der Waals surface area contributed by atoms with E-state index < -0.39 is 0 Å². The molecule has 0 saturated carbocycles. The zero-order valence-electron chi connectivity index (χ0n) is 9.24. The van der Waals surface area contributed by atoms with Crippen molar-refractivity contribution >= 4 is 5.65 Å². The smallest absolute Gasteiger partial charge is 0.144 e. The van der Waals surface area contributed by atoms with Gasteiger partial charge in [0.2, 0.25) is 0 Å². The predicted octanol–water partition coefficient (Wildman–Crippen LogP) is 2.44. The highest BCUT2D eigenvalue weighted by molar-refractivity contribution is 5.77. The lowest BCUT2D eigenvalue weighted by atomic mass is 10.1. The molecule has 0 radical (unpaired) electrons. The summed E-state index contributed by atoms with van der Waals surface area (Å²) in [6, 6.07) is 10.2. The van der Waals surface area contributed by atoms with Crippen LogP contribution >= 0.6 is 0 Å². The maximum absolute atomic E-state index is 5.37. The van der Waals surface area contributed by atoms with Crippen molar-refractivity contribution < 1.29 is 0 Å². The van der Waals surface area contributed by atoms with Gasteiger partial charge in [-0.3, -0.25) is 0 Å². The Labute approximate surface area is 99.3 Å². The molecule has 1 aromatic carbocycles. The Hall–Kier alpha value is -2.47. The molecule has 3 rings (SSSR count). The monoisotopic (exact) mass is 221 g/mol. The Morgan fingerprint density at radius 2 is 2.00 bits per heavy atom. The second-order valence-corrected chi connectivity index (χ2v) is 3.82. The van der Waals surface area contributed by atoms with Crippen LogP contribution in [-0.4, -0.2) is 14.2 Å². The number of fused-ring (bicyclic) bond motifs is 1. The molecule has 0 N–H and O–H groups in total. The highest BCUT2D eigenvalue weighted by Crippen LogP contribution is 2.24. The summed E-state index contributed by atoms with van der Waals surface area (Å²) in [5, 5.41) is 4.33. The van der Waals surface area contributed by atoms with Gasteiger partial charge in [-0.1, -0.05) is 36.3 Å². The van der Waals surface area contributed by atoms with E-state index in [9.17, 15) is 0 Å². The Morgan fingerprint density at radius 1 is 1.18 bits per heavy atom. The van der Waals surface area contributed by atoms with E-state index in [0.717, 1.165) is 16.8 Å². The molecule has 0 bridgehead atoms. The van der Waals surface area contributed by atoms with Crippen LogP contribution in [0.2, 0.25) is 0 Å². The van der Waals surface area contributed by atoms with Crippen molar-refractivity contribution in [2.45, 2.75) is 6.54 Å². The van der Waals surface area contributed by atoms with Crippen molar-refractivity contribution in [3.8, 4) is 23.5 Å². The van der Waals surface area contributed by atoms with Crippen molar-refractivity contribution in [2.75, 3.05) is 0 Å². The number of hydrogen-bond acceptors (Lipinski definition) is 1. The molecule has 0 aliphatic carbocycles. The zero-order valence-corrected chi connectivity index (χ0v) is 9.24. The minimum absolute atomic E-state index is 0.558. The van der Waals surface area contributed by atoms with Crippen molar-refractivity contribution in [3.05, 3.63) is 48.9 Å². The fraction of sp³-hybridized carbons (Fsp3) is 0.0714. The van der Waals surface area contributed by atoms with Gasteiger partial charge in [-0.2, -0.15) is 5.10 Å². The van der Waals surface area contributed by atoms with Gasteiger partial charge in [-0.15, -0.1) is 6.42 Å². The lowest BCUT2D eigenvalue weighted by molar-refractivity contribution is 0.869. The molecule has 3 aromatic rings. The fourth-order valence-electron chi connectivity index (χ4n) is 2.01. The molecule has 0 spiro atoms. The van der Waals surface area contributed by atoms with Crippen LogP contribution in [0.25, 0.3) is 16.8 Å². The lowest BCUT2D eigenvalue weighted by Gasteiger charge is -2.01. The second-order valence-electron chi connectivity index (χ2n) is 3.82. The van der Waals surface area contributed by atoms with E-state index in [2.05, 4.69) is 23.2 Å². The first-order valence-electron chi connectivity index (χ1n) is 5.41. The molecule has 0 amide bonds. The molecular formula is C14H11N3. The number of imidazole rings is 1. The normalized spacial score (nSPS) is 10.5. The van der Waals surface area contributed by atoms with E-state index in [1.807, 2.05) is 45.9 Å². The first-order valence-corrected chi connectivity index (χ1v) is 5.41. The number of terminal acetylenes is 1. The fourth-order valence-corrected chi connectivity index (χ4v) is 2.01. The van der Waals surface area contributed by atoms with Crippen LogP contribution < -0.4 is 0 Å². The molecule has 2 heterocycles. The molecular weight excluding hydrogens is 210 g/mol. The quantitative estimate of drug-likeness (QED) is 0.609. The SMILES string of the molecule is C#CCn1ccn2ncc(-c3ccccc3)c12. The summed E-state index contributed by atoms with van der Waals surface area (Å²) in [6.07, 6.45) is 11.1. The van der Waals surface area contributed by atoms with E-state index in [0.29, 0.717) is 6.54 Å². The van der Waals surface area contributed by atoms with Crippen LogP contribution in [0.1, 0.15) is 0 Å². The van der Waals surface area contributed by atoms with Crippen molar-refractivity contribution in [3.63, 3.8) is 0 Å². The van der Waals surface area contributed by atoms with Gasteiger partial charge in [-0.25, -0.2) is 4.52 Å². The zero-order chi connectivity index (χ0) is 11.7. The summed E-state index contributed by atoms with van der Waals surface area (Å²) in [4.78, 5) is 0. The minimum atomic E-state index is 0.558. The summed E-state index contributed by atoms with van der Waals surface area (Å²) in [7, 11) is 0. The predicted molar refractivity (Wildman–Crippen MR) is 67.5 cm³/mol. The molecule has 82 valence electrons. The highest BCUT2D eigenvalue weighted by atomic mass is 15.3. The molecule has 0 unspecified atom stereocenters. The van der Waals surface area contributed by atoms with Gasteiger partial charge in [0.15, 0.2) is 0 Å². The third-order valence-electron chi connectivity index (χ3n) is 2.78. The van der Waals surface area contributed by atoms with Gasteiger partial charge in [0.25, 0.3) is 0 Å². The second kappa shape index (κ2) is 3.84. The number of rotatable bonds is 2. The van der Waals surface area contributed by atoms with E-state index >= 15 is 0 Å². The highest BCUT2D eigenvalue weighted by Gasteiger charge is 2.09. The average molecular weight is 221 g/mol. The maximum Gasteiger partial charge on any atom is 0.144 e. The Balaban J connectivity index is 2.24. The van der Waals surface area contributed by atoms with Crippen LogP contribution in [0.3, 0.4) is 0 Å². The van der Waals surface area contributed by atoms with Crippen LogP contribution in [0.15, 0.2) is 48.9 Å². The molecule has 2 aromatic heterocycles. The van der Waals surface area contributed by atoms with Crippen molar-refractivity contribution in [1.82, 2.24) is 14.2 Å². The topological polar surface area (TPSA) is 22.2 Å². The molecule has 3 heteroatoms. The summed E-state index contributed by atoms with van der Waals surface area (Å²) < 4.78 is 3.87. The molecule has 17 heavy (non-hydrogen) atoms.